The van der Waals surface area contributed by atoms with Gasteiger partial charge in [0.2, 0.25) is 0 Å². The number of halogens is 1. The smallest absolute Gasteiger partial charge is 0.134 e. The fourth-order valence-corrected chi connectivity index (χ4v) is 2.53. The lowest BCUT2D eigenvalue weighted by Crippen LogP contribution is -2.35. The summed E-state index contributed by atoms with van der Waals surface area (Å²) in [6.07, 6.45) is 3.11. The van der Waals surface area contributed by atoms with Crippen molar-refractivity contribution in [3.63, 3.8) is 0 Å². The molecule has 1 fully saturated rings. The van der Waals surface area contributed by atoms with Gasteiger partial charge in [0.05, 0.1) is 0 Å². The van der Waals surface area contributed by atoms with Crippen molar-refractivity contribution in [3.05, 3.63) is 17.0 Å². The van der Waals surface area contributed by atoms with E-state index in [0.717, 1.165) is 50.6 Å². The third-order valence-corrected chi connectivity index (χ3v) is 3.58. The van der Waals surface area contributed by atoms with Crippen molar-refractivity contribution < 1.29 is 4.74 Å². The summed E-state index contributed by atoms with van der Waals surface area (Å²) in [6.45, 7) is 4.94. The minimum absolute atomic E-state index is 0.538. The Labute approximate surface area is 113 Å². The van der Waals surface area contributed by atoms with Gasteiger partial charge in [-0.2, -0.15) is 0 Å². The summed E-state index contributed by atoms with van der Waals surface area (Å²) in [5.41, 5.74) is 0. The Morgan fingerprint density at radius 3 is 2.72 bits per heavy atom. The average molecular weight is 270 g/mol. The second-order valence-corrected chi connectivity index (χ2v) is 5.09. The van der Waals surface area contributed by atoms with Crippen molar-refractivity contribution >= 4 is 17.4 Å². The molecule has 1 aromatic rings. The summed E-state index contributed by atoms with van der Waals surface area (Å²) in [4.78, 5) is 11.0. The minimum Gasteiger partial charge on any atom is -0.384 e. The SMILES string of the molecule is CCc1nc(Cl)cc(N2CCC(COC)CC2)n1. The number of rotatable bonds is 4. The van der Waals surface area contributed by atoms with Gasteiger partial charge in [-0.15, -0.1) is 0 Å². The number of nitrogens with zero attached hydrogens (tertiary/aromatic N) is 3. The monoisotopic (exact) mass is 269 g/mol. The first kappa shape index (κ1) is 13.6. The van der Waals surface area contributed by atoms with Crippen molar-refractivity contribution in [2.45, 2.75) is 26.2 Å². The second kappa shape index (κ2) is 6.34. The van der Waals surface area contributed by atoms with Gasteiger partial charge < -0.3 is 9.64 Å². The van der Waals surface area contributed by atoms with Gasteiger partial charge in [-0.3, -0.25) is 0 Å². The quantitative estimate of drug-likeness (QED) is 0.788. The second-order valence-electron chi connectivity index (χ2n) is 4.70. The highest BCUT2D eigenvalue weighted by molar-refractivity contribution is 6.29. The molecule has 1 saturated heterocycles. The Balaban J connectivity index is 2.02. The fourth-order valence-electron chi connectivity index (χ4n) is 2.34. The van der Waals surface area contributed by atoms with Crippen LogP contribution in [0.15, 0.2) is 6.07 Å². The largest absolute Gasteiger partial charge is 0.384 e. The van der Waals surface area contributed by atoms with E-state index in [1.807, 2.05) is 13.0 Å². The molecule has 2 rings (SSSR count). The normalized spacial score (nSPS) is 17.2. The standard InChI is InChI=1S/C13H20ClN3O/c1-3-12-15-11(14)8-13(16-12)17-6-4-10(5-7-17)9-18-2/h8,10H,3-7,9H2,1-2H3. The first-order valence-electron chi connectivity index (χ1n) is 6.50. The molecule has 0 spiro atoms. The van der Waals surface area contributed by atoms with Crippen LogP contribution in [0.4, 0.5) is 5.82 Å². The highest BCUT2D eigenvalue weighted by atomic mass is 35.5. The Morgan fingerprint density at radius 2 is 2.11 bits per heavy atom. The van der Waals surface area contributed by atoms with Gasteiger partial charge in [0.1, 0.15) is 16.8 Å². The van der Waals surface area contributed by atoms with E-state index >= 15 is 0 Å². The van der Waals surface area contributed by atoms with Gasteiger partial charge in [-0.25, -0.2) is 9.97 Å². The van der Waals surface area contributed by atoms with Crippen LogP contribution in [-0.4, -0.2) is 36.8 Å². The lowest BCUT2D eigenvalue weighted by molar-refractivity contribution is 0.139. The van der Waals surface area contributed by atoms with E-state index in [1.54, 1.807) is 7.11 Å². The van der Waals surface area contributed by atoms with E-state index in [-0.39, 0.29) is 0 Å². The maximum atomic E-state index is 6.03. The molecule has 0 unspecified atom stereocenters. The molecular formula is C13H20ClN3O. The van der Waals surface area contributed by atoms with Crippen molar-refractivity contribution in [1.29, 1.82) is 0 Å². The molecule has 4 nitrogen and oxygen atoms in total. The molecule has 1 aliphatic heterocycles. The number of aromatic nitrogens is 2. The third kappa shape index (κ3) is 3.33. The van der Waals surface area contributed by atoms with Crippen LogP contribution in [0.3, 0.4) is 0 Å². The van der Waals surface area contributed by atoms with E-state index < -0.39 is 0 Å². The molecule has 100 valence electrons. The van der Waals surface area contributed by atoms with Gasteiger partial charge in [0.25, 0.3) is 0 Å². The lowest BCUT2D eigenvalue weighted by atomic mass is 9.98. The third-order valence-electron chi connectivity index (χ3n) is 3.38. The molecule has 1 aromatic heterocycles. The molecular weight excluding hydrogens is 250 g/mol. The molecule has 0 aromatic carbocycles. The van der Waals surface area contributed by atoms with Crippen LogP contribution in [0.1, 0.15) is 25.6 Å². The number of aryl methyl sites for hydroxylation is 1. The van der Waals surface area contributed by atoms with E-state index in [0.29, 0.717) is 11.1 Å². The van der Waals surface area contributed by atoms with Crippen molar-refractivity contribution in [2.75, 3.05) is 31.7 Å². The van der Waals surface area contributed by atoms with E-state index in [9.17, 15) is 0 Å². The number of anilines is 1. The predicted molar refractivity (Wildman–Crippen MR) is 73.2 cm³/mol. The number of hydrogen-bond donors (Lipinski definition) is 0. The summed E-state index contributed by atoms with van der Waals surface area (Å²) in [5, 5.41) is 0.538. The molecule has 0 saturated carbocycles. The zero-order valence-electron chi connectivity index (χ0n) is 11.0. The maximum absolute atomic E-state index is 6.03. The predicted octanol–water partition coefficient (Wildman–Crippen LogP) is 2.56. The first-order valence-corrected chi connectivity index (χ1v) is 6.88. The average Bonchev–Trinajstić information content (AvgIpc) is 2.39. The van der Waals surface area contributed by atoms with Gasteiger partial charge in [0.15, 0.2) is 0 Å². The molecule has 18 heavy (non-hydrogen) atoms. The number of ether oxygens (including phenoxy) is 1. The molecule has 1 aliphatic rings. The summed E-state index contributed by atoms with van der Waals surface area (Å²) in [7, 11) is 1.77. The molecule has 0 radical (unpaired) electrons. The van der Waals surface area contributed by atoms with Crippen LogP contribution in [0, 0.1) is 5.92 Å². The molecule has 0 bridgehead atoms. The van der Waals surface area contributed by atoms with E-state index in [1.165, 1.54) is 0 Å². The zero-order chi connectivity index (χ0) is 13.0. The van der Waals surface area contributed by atoms with Gasteiger partial charge in [-0.1, -0.05) is 18.5 Å². The molecule has 5 heteroatoms. The van der Waals surface area contributed by atoms with E-state index in [4.69, 9.17) is 16.3 Å². The van der Waals surface area contributed by atoms with Crippen LogP contribution in [0.2, 0.25) is 5.15 Å². The Kier molecular flexibility index (Phi) is 4.78. The highest BCUT2D eigenvalue weighted by Crippen LogP contribution is 2.23. The van der Waals surface area contributed by atoms with E-state index in [2.05, 4.69) is 14.9 Å². The minimum atomic E-state index is 0.538. The van der Waals surface area contributed by atoms with Crippen LogP contribution in [0.25, 0.3) is 0 Å². The van der Waals surface area contributed by atoms with Crippen LogP contribution >= 0.6 is 11.6 Å². The highest BCUT2D eigenvalue weighted by Gasteiger charge is 2.20. The molecule has 2 heterocycles. The summed E-state index contributed by atoms with van der Waals surface area (Å²) in [5.74, 6) is 2.45. The van der Waals surface area contributed by atoms with Crippen LogP contribution < -0.4 is 4.90 Å². The Hall–Kier alpha value is -0.870. The Bertz CT molecular complexity index is 392. The number of piperidine rings is 1. The van der Waals surface area contributed by atoms with Crippen LogP contribution in [-0.2, 0) is 11.2 Å². The topological polar surface area (TPSA) is 38.2 Å². The molecule has 0 atom stereocenters. The summed E-state index contributed by atoms with van der Waals surface area (Å²) >= 11 is 6.03. The number of hydrogen-bond acceptors (Lipinski definition) is 4. The lowest BCUT2D eigenvalue weighted by Gasteiger charge is -2.32. The van der Waals surface area contributed by atoms with Gasteiger partial charge in [0, 0.05) is 39.3 Å². The molecule has 0 amide bonds. The molecule has 0 N–H and O–H groups in total. The zero-order valence-corrected chi connectivity index (χ0v) is 11.8. The van der Waals surface area contributed by atoms with Crippen LogP contribution in [0.5, 0.6) is 0 Å². The van der Waals surface area contributed by atoms with Crippen molar-refractivity contribution in [3.8, 4) is 0 Å². The number of methoxy groups -OCH3 is 1. The summed E-state index contributed by atoms with van der Waals surface area (Å²) < 4.78 is 5.21. The van der Waals surface area contributed by atoms with Gasteiger partial charge in [-0.05, 0) is 18.8 Å². The fraction of sp³-hybridized carbons (Fsp3) is 0.692. The van der Waals surface area contributed by atoms with Crippen molar-refractivity contribution in [1.82, 2.24) is 9.97 Å². The first-order chi connectivity index (χ1) is 8.72. The van der Waals surface area contributed by atoms with Gasteiger partial charge >= 0.3 is 0 Å². The maximum Gasteiger partial charge on any atom is 0.134 e. The summed E-state index contributed by atoms with van der Waals surface area (Å²) in [6, 6.07) is 1.86. The molecule has 0 aliphatic carbocycles. The van der Waals surface area contributed by atoms with Crippen molar-refractivity contribution in [2.24, 2.45) is 5.92 Å². The Morgan fingerprint density at radius 1 is 1.39 bits per heavy atom.